The Hall–Kier alpha value is -0.740. The van der Waals surface area contributed by atoms with E-state index in [2.05, 4.69) is 4.72 Å². The van der Waals surface area contributed by atoms with Gasteiger partial charge >= 0.3 is 0 Å². The summed E-state index contributed by atoms with van der Waals surface area (Å²) in [5.74, 6) is 0. The molecule has 1 N–H and O–H groups in total. The number of non-ortho nitro benzene ring substituents is 1. The molecule has 0 aliphatic heterocycles. The van der Waals surface area contributed by atoms with Crippen molar-refractivity contribution < 1.29 is 13.3 Å². The van der Waals surface area contributed by atoms with Crippen LogP contribution in [0.5, 0.6) is 0 Å². The molecule has 0 aliphatic rings. The van der Waals surface area contributed by atoms with Crippen molar-refractivity contribution in [3.8, 4) is 0 Å². The second-order valence-electron chi connectivity index (χ2n) is 2.84. The van der Waals surface area contributed by atoms with E-state index in [-0.39, 0.29) is 10.6 Å². The van der Waals surface area contributed by atoms with E-state index in [1.54, 1.807) is 0 Å². The maximum atomic E-state index is 11.6. The summed E-state index contributed by atoms with van der Waals surface area (Å²) in [6, 6.07) is 4.76. The van der Waals surface area contributed by atoms with Crippen LogP contribution in [0.15, 0.2) is 29.2 Å². The first-order valence-electron chi connectivity index (χ1n) is 4.27. The number of hydrogen-bond acceptors (Lipinski definition) is 4. The lowest BCUT2D eigenvalue weighted by molar-refractivity contribution is -0.384. The third-order valence-corrected chi connectivity index (χ3v) is 3.76. The van der Waals surface area contributed by atoms with Crippen molar-refractivity contribution in [3.05, 3.63) is 34.4 Å². The number of hydrogen-bond donors (Lipinski definition) is 1. The van der Waals surface area contributed by atoms with Crippen LogP contribution in [-0.2, 0) is 10.0 Å². The Balaban J connectivity index is 2.93. The molecular formula is C8H9IN2O4S. The first kappa shape index (κ1) is 13.3. The Labute approximate surface area is 106 Å². The quantitative estimate of drug-likeness (QED) is 0.373. The Morgan fingerprint density at radius 2 is 1.88 bits per heavy atom. The molecule has 1 aromatic carbocycles. The summed E-state index contributed by atoms with van der Waals surface area (Å²) in [5.41, 5.74) is -0.132. The molecule has 0 aliphatic carbocycles. The number of nitro benzene ring substituents is 1. The molecule has 0 bridgehead atoms. The highest BCUT2D eigenvalue weighted by atomic mass is 127. The average Bonchev–Trinajstić information content (AvgIpc) is 2.26. The summed E-state index contributed by atoms with van der Waals surface area (Å²) >= 11 is 2.04. The lowest BCUT2D eigenvalue weighted by Gasteiger charge is -2.04. The molecule has 0 amide bonds. The molecule has 8 heteroatoms. The van der Waals surface area contributed by atoms with Crippen LogP contribution in [0.4, 0.5) is 5.69 Å². The summed E-state index contributed by atoms with van der Waals surface area (Å²) in [4.78, 5) is 9.83. The smallest absolute Gasteiger partial charge is 0.258 e. The summed E-state index contributed by atoms with van der Waals surface area (Å²) in [7, 11) is -3.54. The predicted octanol–water partition coefficient (Wildman–Crippen LogP) is 1.31. The number of alkyl halides is 1. The van der Waals surface area contributed by atoms with Crippen LogP contribution in [0.25, 0.3) is 0 Å². The number of halogens is 1. The predicted molar refractivity (Wildman–Crippen MR) is 67.2 cm³/mol. The van der Waals surface area contributed by atoms with Crippen molar-refractivity contribution in [2.45, 2.75) is 4.90 Å². The summed E-state index contributed by atoms with van der Waals surface area (Å²) < 4.78 is 26.2. The fraction of sp³-hybridized carbons (Fsp3) is 0.250. The summed E-state index contributed by atoms with van der Waals surface area (Å²) in [6.45, 7) is 0.333. The minimum absolute atomic E-state index is 0.0305. The molecule has 16 heavy (non-hydrogen) atoms. The molecule has 0 saturated heterocycles. The highest BCUT2D eigenvalue weighted by Crippen LogP contribution is 2.15. The van der Waals surface area contributed by atoms with E-state index in [4.69, 9.17) is 0 Å². The Kier molecular flexibility index (Phi) is 4.62. The van der Waals surface area contributed by atoms with Gasteiger partial charge in [-0.05, 0) is 12.1 Å². The van der Waals surface area contributed by atoms with Gasteiger partial charge in [-0.15, -0.1) is 0 Å². The lowest BCUT2D eigenvalue weighted by Crippen LogP contribution is -2.25. The van der Waals surface area contributed by atoms with Crippen LogP contribution in [0, 0.1) is 10.1 Å². The van der Waals surface area contributed by atoms with E-state index >= 15 is 0 Å². The van der Waals surface area contributed by atoms with Gasteiger partial charge in [-0.3, -0.25) is 10.1 Å². The van der Waals surface area contributed by atoms with Crippen LogP contribution in [-0.4, -0.2) is 24.3 Å². The minimum Gasteiger partial charge on any atom is -0.258 e. The highest BCUT2D eigenvalue weighted by Gasteiger charge is 2.14. The van der Waals surface area contributed by atoms with E-state index in [9.17, 15) is 18.5 Å². The van der Waals surface area contributed by atoms with Crippen molar-refractivity contribution >= 4 is 38.3 Å². The largest absolute Gasteiger partial charge is 0.269 e. The van der Waals surface area contributed by atoms with E-state index in [1.807, 2.05) is 22.6 Å². The van der Waals surface area contributed by atoms with E-state index < -0.39 is 14.9 Å². The number of rotatable bonds is 5. The molecule has 0 atom stereocenters. The third-order valence-electron chi connectivity index (χ3n) is 1.74. The fourth-order valence-electron chi connectivity index (χ4n) is 1.00. The number of nitro groups is 1. The molecule has 1 rings (SSSR count). The molecule has 6 nitrogen and oxygen atoms in total. The fourth-order valence-corrected chi connectivity index (χ4v) is 2.67. The zero-order valence-electron chi connectivity index (χ0n) is 8.09. The second kappa shape index (κ2) is 5.55. The van der Waals surface area contributed by atoms with E-state index in [1.165, 1.54) is 24.3 Å². The van der Waals surface area contributed by atoms with Crippen molar-refractivity contribution in [2.75, 3.05) is 11.0 Å². The van der Waals surface area contributed by atoms with Gasteiger partial charge in [0.2, 0.25) is 10.0 Å². The van der Waals surface area contributed by atoms with Crippen LogP contribution < -0.4 is 4.72 Å². The van der Waals surface area contributed by atoms with Crippen LogP contribution in [0.1, 0.15) is 0 Å². The molecule has 0 saturated carbocycles. The van der Waals surface area contributed by atoms with Crippen molar-refractivity contribution in [1.82, 2.24) is 4.72 Å². The molecule has 0 fully saturated rings. The zero-order chi connectivity index (χ0) is 12.2. The number of benzene rings is 1. The van der Waals surface area contributed by atoms with Gasteiger partial charge in [0, 0.05) is 23.1 Å². The maximum Gasteiger partial charge on any atom is 0.269 e. The van der Waals surface area contributed by atoms with Gasteiger partial charge in [0.25, 0.3) is 5.69 Å². The van der Waals surface area contributed by atoms with Gasteiger partial charge in [0.15, 0.2) is 0 Å². The molecule has 88 valence electrons. The average molecular weight is 356 g/mol. The molecule has 0 heterocycles. The van der Waals surface area contributed by atoms with Gasteiger partial charge in [0.05, 0.1) is 9.82 Å². The summed E-state index contributed by atoms with van der Waals surface area (Å²) in [5, 5.41) is 10.4. The van der Waals surface area contributed by atoms with Crippen molar-refractivity contribution in [2.24, 2.45) is 0 Å². The lowest BCUT2D eigenvalue weighted by atomic mass is 10.3. The van der Waals surface area contributed by atoms with Crippen molar-refractivity contribution in [1.29, 1.82) is 0 Å². The normalized spacial score (nSPS) is 11.3. The molecule has 0 radical (unpaired) electrons. The SMILES string of the molecule is O=[N+]([O-])c1ccc(S(=O)(=O)NCCI)cc1. The first-order valence-corrected chi connectivity index (χ1v) is 7.28. The molecule has 0 aromatic heterocycles. The number of sulfonamides is 1. The summed E-state index contributed by atoms with van der Waals surface area (Å²) in [6.07, 6.45) is 0. The zero-order valence-corrected chi connectivity index (χ0v) is 11.1. The maximum absolute atomic E-state index is 11.6. The number of nitrogens with zero attached hydrogens (tertiary/aromatic N) is 1. The second-order valence-corrected chi connectivity index (χ2v) is 5.68. The van der Waals surface area contributed by atoms with Gasteiger partial charge < -0.3 is 0 Å². The minimum atomic E-state index is -3.54. The van der Waals surface area contributed by atoms with Gasteiger partial charge in [-0.1, -0.05) is 22.6 Å². The van der Waals surface area contributed by atoms with Gasteiger partial charge in [-0.2, -0.15) is 0 Å². The molecule has 1 aromatic rings. The topological polar surface area (TPSA) is 89.3 Å². The molecule has 0 unspecified atom stereocenters. The van der Waals surface area contributed by atoms with Gasteiger partial charge in [0.1, 0.15) is 0 Å². The third kappa shape index (κ3) is 3.39. The monoisotopic (exact) mass is 356 g/mol. The Bertz CT molecular complexity index is 471. The first-order chi connectivity index (χ1) is 7.47. The van der Waals surface area contributed by atoms with Crippen LogP contribution >= 0.6 is 22.6 Å². The van der Waals surface area contributed by atoms with Crippen LogP contribution in [0.3, 0.4) is 0 Å². The molecular weight excluding hydrogens is 347 g/mol. The van der Waals surface area contributed by atoms with Crippen LogP contribution in [0.2, 0.25) is 0 Å². The van der Waals surface area contributed by atoms with E-state index in [0.29, 0.717) is 11.0 Å². The van der Waals surface area contributed by atoms with Gasteiger partial charge in [-0.25, -0.2) is 13.1 Å². The Morgan fingerprint density at radius 1 is 1.31 bits per heavy atom. The van der Waals surface area contributed by atoms with Crippen molar-refractivity contribution in [3.63, 3.8) is 0 Å². The number of nitrogens with one attached hydrogen (secondary N) is 1. The Morgan fingerprint density at radius 3 is 2.31 bits per heavy atom. The highest BCUT2D eigenvalue weighted by molar-refractivity contribution is 14.1. The molecule has 0 spiro atoms. The van der Waals surface area contributed by atoms with E-state index in [0.717, 1.165) is 0 Å². The standard InChI is InChI=1S/C8H9IN2O4S/c9-5-6-10-16(14,15)8-3-1-7(2-4-8)11(12)13/h1-4,10H,5-6H2.